The van der Waals surface area contributed by atoms with E-state index >= 15 is 0 Å². The van der Waals surface area contributed by atoms with Crippen molar-refractivity contribution in [2.45, 2.75) is 50.6 Å². The molecule has 0 bridgehead atoms. The first-order valence-corrected chi connectivity index (χ1v) is 11.3. The number of carboxylic acids is 1. The van der Waals surface area contributed by atoms with Crippen molar-refractivity contribution in [3.05, 3.63) is 59.7 Å². The van der Waals surface area contributed by atoms with Crippen molar-refractivity contribution in [1.82, 2.24) is 10.2 Å². The molecule has 2 aliphatic carbocycles. The molecule has 2 N–H and O–H groups in total. The van der Waals surface area contributed by atoms with Gasteiger partial charge in [-0.1, -0.05) is 48.5 Å². The van der Waals surface area contributed by atoms with Gasteiger partial charge in [0.25, 0.3) is 0 Å². The van der Waals surface area contributed by atoms with Gasteiger partial charge in [0.1, 0.15) is 12.1 Å². The minimum Gasteiger partial charge on any atom is -0.480 e. The Labute approximate surface area is 193 Å². The van der Waals surface area contributed by atoms with E-state index in [4.69, 9.17) is 4.74 Å². The number of carbonyl (C=O) groups excluding carboxylic acids is 2. The Balaban J connectivity index is 1.33. The Morgan fingerprint density at radius 1 is 1.03 bits per heavy atom. The number of alkyl carbamates (subject to hydrolysis) is 1. The zero-order chi connectivity index (χ0) is 23.8. The number of rotatable bonds is 6. The molecule has 2 aliphatic rings. The van der Waals surface area contributed by atoms with Crippen LogP contribution >= 0.6 is 0 Å². The van der Waals surface area contributed by atoms with Gasteiger partial charge in [-0.3, -0.25) is 4.79 Å². The van der Waals surface area contributed by atoms with Crippen LogP contribution in [0.3, 0.4) is 0 Å². The topological polar surface area (TPSA) is 95.9 Å². The molecule has 7 heteroatoms. The maximum absolute atomic E-state index is 12.8. The number of hydrogen-bond donors (Lipinski definition) is 2. The SMILES string of the molecule is CN(C(=O)[C@H]1CC[C@@H](NC(=O)OCC2c3ccccc3-c3ccccc32)C1)C(C)(C)C(=O)O. The van der Waals surface area contributed by atoms with Gasteiger partial charge in [0.2, 0.25) is 5.91 Å². The maximum atomic E-state index is 12.8. The fourth-order valence-electron chi connectivity index (χ4n) is 4.84. The Hall–Kier alpha value is -3.35. The van der Waals surface area contributed by atoms with E-state index in [0.717, 1.165) is 11.1 Å². The van der Waals surface area contributed by atoms with Crippen molar-refractivity contribution in [2.24, 2.45) is 5.92 Å². The summed E-state index contributed by atoms with van der Waals surface area (Å²) in [4.78, 5) is 38.1. The molecule has 1 fully saturated rings. The molecule has 4 rings (SSSR count). The molecule has 2 atom stereocenters. The number of aliphatic carboxylic acids is 1. The van der Waals surface area contributed by atoms with Gasteiger partial charge < -0.3 is 20.1 Å². The van der Waals surface area contributed by atoms with Gasteiger partial charge in [-0.25, -0.2) is 9.59 Å². The van der Waals surface area contributed by atoms with Crippen LogP contribution in [-0.2, 0) is 14.3 Å². The molecule has 0 aromatic heterocycles. The van der Waals surface area contributed by atoms with Gasteiger partial charge in [0, 0.05) is 24.9 Å². The fraction of sp³-hybridized carbons (Fsp3) is 0.423. The number of benzene rings is 2. The number of nitrogens with zero attached hydrogens (tertiary/aromatic N) is 1. The average molecular weight is 451 g/mol. The van der Waals surface area contributed by atoms with Crippen molar-refractivity contribution >= 4 is 18.0 Å². The Kier molecular flexibility index (Phi) is 6.15. The zero-order valence-electron chi connectivity index (χ0n) is 19.2. The second kappa shape index (κ2) is 8.89. The second-order valence-electron chi connectivity index (χ2n) is 9.44. The summed E-state index contributed by atoms with van der Waals surface area (Å²) in [5, 5.41) is 12.3. The number of fused-ring (bicyclic) bond motifs is 3. The molecule has 0 aliphatic heterocycles. The molecule has 1 saturated carbocycles. The summed E-state index contributed by atoms with van der Waals surface area (Å²) < 4.78 is 5.61. The molecule has 2 aromatic rings. The Morgan fingerprint density at radius 2 is 1.61 bits per heavy atom. The third kappa shape index (κ3) is 4.32. The highest BCUT2D eigenvalue weighted by molar-refractivity contribution is 5.87. The van der Waals surface area contributed by atoms with Crippen molar-refractivity contribution in [2.75, 3.05) is 13.7 Å². The minimum absolute atomic E-state index is 0.00652. The van der Waals surface area contributed by atoms with Crippen LogP contribution in [0.2, 0.25) is 0 Å². The lowest BCUT2D eigenvalue weighted by Crippen LogP contribution is -2.52. The van der Waals surface area contributed by atoms with Crippen LogP contribution in [0.15, 0.2) is 48.5 Å². The number of likely N-dealkylation sites (N-methyl/N-ethyl adjacent to an activating group) is 1. The molecule has 33 heavy (non-hydrogen) atoms. The van der Waals surface area contributed by atoms with Crippen LogP contribution in [0.25, 0.3) is 11.1 Å². The largest absolute Gasteiger partial charge is 0.480 e. The Morgan fingerprint density at radius 3 is 2.18 bits per heavy atom. The summed E-state index contributed by atoms with van der Waals surface area (Å²) in [6.45, 7) is 3.26. The summed E-state index contributed by atoms with van der Waals surface area (Å²) in [7, 11) is 1.52. The number of amides is 2. The fourth-order valence-corrected chi connectivity index (χ4v) is 4.84. The van der Waals surface area contributed by atoms with E-state index in [-0.39, 0.29) is 30.4 Å². The van der Waals surface area contributed by atoms with E-state index in [1.54, 1.807) is 0 Å². The summed E-state index contributed by atoms with van der Waals surface area (Å²) in [6.07, 6.45) is 1.24. The Bertz CT molecular complexity index is 1030. The molecule has 174 valence electrons. The molecule has 0 heterocycles. The van der Waals surface area contributed by atoms with E-state index in [9.17, 15) is 19.5 Å². The summed E-state index contributed by atoms with van der Waals surface area (Å²) in [5.74, 6) is -1.58. The first-order chi connectivity index (χ1) is 15.7. The third-order valence-corrected chi connectivity index (χ3v) is 7.14. The average Bonchev–Trinajstić information content (AvgIpc) is 3.39. The van der Waals surface area contributed by atoms with E-state index in [2.05, 4.69) is 29.6 Å². The molecular formula is C26H30N2O5. The van der Waals surface area contributed by atoms with Crippen molar-refractivity contribution in [3.63, 3.8) is 0 Å². The van der Waals surface area contributed by atoms with Gasteiger partial charge in [-0.2, -0.15) is 0 Å². The highest BCUT2D eigenvalue weighted by atomic mass is 16.5. The van der Waals surface area contributed by atoms with Crippen LogP contribution in [-0.4, -0.2) is 53.2 Å². The number of carboxylic acid groups (broad SMARTS) is 1. The number of nitrogens with one attached hydrogen (secondary N) is 1. The first-order valence-electron chi connectivity index (χ1n) is 11.3. The molecule has 7 nitrogen and oxygen atoms in total. The van der Waals surface area contributed by atoms with Crippen LogP contribution in [0, 0.1) is 5.92 Å². The molecule has 0 radical (unpaired) electrons. The lowest BCUT2D eigenvalue weighted by atomic mass is 9.98. The van der Waals surface area contributed by atoms with Gasteiger partial charge in [0.15, 0.2) is 0 Å². The predicted octanol–water partition coefficient (Wildman–Crippen LogP) is 4.02. The van der Waals surface area contributed by atoms with E-state index in [1.807, 2.05) is 24.3 Å². The van der Waals surface area contributed by atoms with Crippen LogP contribution in [0.5, 0.6) is 0 Å². The van der Waals surface area contributed by atoms with Gasteiger partial charge in [0.05, 0.1) is 0 Å². The third-order valence-electron chi connectivity index (χ3n) is 7.14. The lowest BCUT2D eigenvalue weighted by Gasteiger charge is -2.33. The van der Waals surface area contributed by atoms with Gasteiger partial charge >= 0.3 is 12.1 Å². The van der Waals surface area contributed by atoms with E-state index in [1.165, 1.54) is 36.9 Å². The first kappa shape index (κ1) is 22.8. The van der Waals surface area contributed by atoms with Gasteiger partial charge in [-0.05, 0) is 55.4 Å². The number of carbonyl (C=O) groups is 3. The summed E-state index contributed by atoms with van der Waals surface area (Å²) in [5.41, 5.74) is 3.37. The summed E-state index contributed by atoms with van der Waals surface area (Å²) >= 11 is 0. The minimum atomic E-state index is -1.28. The van der Waals surface area contributed by atoms with Crippen molar-refractivity contribution in [3.8, 4) is 11.1 Å². The highest BCUT2D eigenvalue weighted by Gasteiger charge is 2.40. The van der Waals surface area contributed by atoms with E-state index < -0.39 is 17.6 Å². The lowest BCUT2D eigenvalue weighted by molar-refractivity contribution is -0.156. The van der Waals surface area contributed by atoms with Crippen LogP contribution < -0.4 is 5.32 Å². The summed E-state index contributed by atoms with van der Waals surface area (Å²) in [6, 6.07) is 16.2. The number of hydrogen-bond acceptors (Lipinski definition) is 4. The van der Waals surface area contributed by atoms with Crippen LogP contribution in [0.4, 0.5) is 4.79 Å². The molecular weight excluding hydrogens is 420 g/mol. The van der Waals surface area contributed by atoms with Crippen molar-refractivity contribution < 1.29 is 24.2 Å². The molecule has 0 unspecified atom stereocenters. The zero-order valence-corrected chi connectivity index (χ0v) is 19.2. The standard InChI is InChI=1S/C26H30N2O5/c1-26(2,24(30)31)28(3)23(29)16-12-13-17(14-16)27-25(32)33-15-22-20-10-6-4-8-18(20)19-9-5-7-11-21(19)22/h4-11,16-17,22H,12-15H2,1-3H3,(H,27,32)(H,30,31)/t16-,17+/m0/s1. The van der Waals surface area contributed by atoms with Gasteiger partial charge in [-0.15, -0.1) is 0 Å². The monoisotopic (exact) mass is 450 g/mol. The highest BCUT2D eigenvalue weighted by Crippen LogP contribution is 2.44. The number of ether oxygens (including phenoxy) is 1. The second-order valence-corrected chi connectivity index (χ2v) is 9.44. The van der Waals surface area contributed by atoms with E-state index in [0.29, 0.717) is 19.3 Å². The quantitative estimate of drug-likeness (QED) is 0.693. The van der Waals surface area contributed by atoms with Crippen molar-refractivity contribution in [1.29, 1.82) is 0 Å². The molecule has 2 amide bonds. The van der Waals surface area contributed by atoms with Crippen LogP contribution in [0.1, 0.15) is 50.2 Å². The smallest absolute Gasteiger partial charge is 0.407 e. The molecule has 2 aromatic carbocycles. The maximum Gasteiger partial charge on any atom is 0.407 e. The molecule has 0 saturated heterocycles. The normalized spacial score (nSPS) is 19.5. The predicted molar refractivity (Wildman–Crippen MR) is 124 cm³/mol. The molecule has 0 spiro atoms.